The topological polar surface area (TPSA) is 49.8 Å². The van der Waals surface area contributed by atoms with Crippen molar-refractivity contribution in [1.82, 2.24) is 4.90 Å². The van der Waals surface area contributed by atoms with Gasteiger partial charge in [0.05, 0.1) is 6.61 Å². The van der Waals surface area contributed by atoms with Crippen LogP contribution in [0.4, 0.5) is 0 Å². The number of carbonyl (C=O) groups excluding carboxylic acids is 1. The Morgan fingerprint density at radius 1 is 1.69 bits per heavy atom. The second-order valence-electron chi connectivity index (χ2n) is 3.20. The molecule has 1 saturated heterocycles. The molecular weight excluding hydrogens is 170 g/mol. The van der Waals surface area contributed by atoms with Crippen molar-refractivity contribution in [2.45, 2.75) is 25.9 Å². The Kier molecular flexibility index (Phi) is 4.18. The summed E-state index contributed by atoms with van der Waals surface area (Å²) in [4.78, 5) is 13.4. The van der Waals surface area contributed by atoms with Gasteiger partial charge in [-0.05, 0) is 6.42 Å². The molecule has 0 aromatic heterocycles. The molecule has 0 bridgehead atoms. The number of hydrogen-bond acceptors (Lipinski definition) is 3. The third-order valence-electron chi connectivity index (χ3n) is 2.15. The Morgan fingerprint density at radius 2 is 2.46 bits per heavy atom. The van der Waals surface area contributed by atoms with Crippen LogP contribution in [-0.2, 0) is 9.53 Å². The second kappa shape index (κ2) is 5.19. The molecule has 4 heteroatoms. The smallest absolute Gasteiger partial charge is 0.251 e. The summed E-state index contributed by atoms with van der Waals surface area (Å²) in [7, 11) is 0. The van der Waals surface area contributed by atoms with E-state index >= 15 is 0 Å². The van der Waals surface area contributed by atoms with Crippen molar-refractivity contribution in [2.75, 3.05) is 26.3 Å². The largest absolute Gasteiger partial charge is 0.396 e. The number of aliphatic hydroxyl groups is 1. The second-order valence-corrected chi connectivity index (χ2v) is 3.20. The summed E-state index contributed by atoms with van der Waals surface area (Å²) in [5.41, 5.74) is 0. The fourth-order valence-electron chi connectivity index (χ4n) is 1.51. The van der Waals surface area contributed by atoms with Crippen molar-refractivity contribution in [3.63, 3.8) is 0 Å². The van der Waals surface area contributed by atoms with Gasteiger partial charge in [-0.3, -0.25) is 4.79 Å². The number of carbonyl (C=O) groups is 1. The van der Waals surface area contributed by atoms with Gasteiger partial charge in [0.1, 0.15) is 6.10 Å². The highest BCUT2D eigenvalue weighted by atomic mass is 16.5. The molecule has 1 heterocycles. The van der Waals surface area contributed by atoms with E-state index in [0.717, 1.165) is 13.0 Å². The van der Waals surface area contributed by atoms with E-state index in [-0.39, 0.29) is 12.5 Å². The molecule has 0 saturated carbocycles. The van der Waals surface area contributed by atoms with Crippen LogP contribution in [0.25, 0.3) is 0 Å². The summed E-state index contributed by atoms with van der Waals surface area (Å²) in [6.45, 7) is 4.13. The summed E-state index contributed by atoms with van der Waals surface area (Å²) in [5, 5.41) is 8.70. The SMILES string of the molecule is CCCN1CCOC(CCO)C1=O. The molecule has 1 rings (SSSR count). The van der Waals surface area contributed by atoms with Gasteiger partial charge in [-0.1, -0.05) is 6.92 Å². The van der Waals surface area contributed by atoms with Crippen LogP contribution in [-0.4, -0.2) is 48.3 Å². The maximum Gasteiger partial charge on any atom is 0.251 e. The predicted molar refractivity (Wildman–Crippen MR) is 48.3 cm³/mol. The maximum absolute atomic E-state index is 11.6. The van der Waals surface area contributed by atoms with E-state index in [1.807, 2.05) is 11.8 Å². The van der Waals surface area contributed by atoms with Gasteiger partial charge in [0, 0.05) is 26.1 Å². The monoisotopic (exact) mass is 187 g/mol. The minimum atomic E-state index is -0.412. The van der Waals surface area contributed by atoms with Gasteiger partial charge in [0.25, 0.3) is 5.91 Å². The highest BCUT2D eigenvalue weighted by Crippen LogP contribution is 2.10. The van der Waals surface area contributed by atoms with Gasteiger partial charge in [-0.15, -0.1) is 0 Å². The number of amides is 1. The van der Waals surface area contributed by atoms with Crippen molar-refractivity contribution in [3.05, 3.63) is 0 Å². The summed E-state index contributed by atoms with van der Waals surface area (Å²) < 4.78 is 5.26. The molecule has 0 radical (unpaired) electrons. The lowest BCUT2D eigenvalue weighted by atomic mass is 10.2. The lowest BCUT2D eigenvalue weighted by molar-refractivity contribution is -0.154. The predicted octanol–water partition coefficient (Wildman–Crippen LogP) is 0.00620. The third kappa shape index (κ3) is 2.67. The van der Waals surface area contributed by atoms with Crippen LogP contribution in [0.3, 0.4) is 0 Å². The van der Waals surface area contributed by atoms with Crippen LogP contribution in [0, 0.1) is 0 Å². The van der Waals surface area contributed by atoms with Gasteiger partial charge in [0.2, 0.25) is 0 Å². The van der Waals surface area contributed by atoms with Crippen LogP contribution in [0.15, 0.2) is 0 Å². The van der Waals surface area contributed by atoms with Crippen LogP contribution in [0.1, 0.15) is 19.8 Å². The van der Waals surface area contributed by atoms with E-state index in [0.29, 0.717) is 19.6 Å². The quantitative estimate of drug-likeness (QED) is 0.674. The van der Waals surface area contributed by atoms with Crippen molar-refractivity contribution >= 4 is 5.91 Å². The van der Waals surface area contributed by atoms with Crippen LogP contribution in [0.5, 0.6) is 0 Å². The van der Waals surface area contributed by atoms with Crippen LogP contribution < -0.4 is 0 Å². The Labute approximate surface area is 78.5 Å². The average molecular weight is 187 g/mol. The molecule has 1 aliphatic heterocycles. The zero-order valence-electron chi connectivity index (χ0n) is 8.03. The molecule has 76 valence electrons. The van der Waals surface area contributed by atoms with Crippen molar-refractivity contribution in [3.8, 4) is 0 Å². The first-order chi connectivity index (χ1) is 6.29. The summed E-state index contributed by atoms with van der Waals surface area (Å²) in [6.07, 6.45) is 0.974. The van der Waals surface area contributed by atoms with E-state index in [1.54, 1.807) is 0 Å². The van der Waals surface area contributed by atoms with Gasteiger partial charge >= 0.3 is 0 Å². The first-order valence-corrected chi connectivity index (χ1v) is 4.80. The molecule has 1 fully saturated rings. The van der Waals surface area contributed by atoms with Gasteiger partial charge in [-0.25, -0.2) is 0 Å². The number of morpholine rings is 1. The number of hydrogen-bond donors (Lipinski definition) is 1. The van der Waals surface area contributed by atoms with E-state index in [2.05, 4.69) is 0 Å². The number of aliphatic hydroxyl groups excluding tert-OH is 1. The van der Waals surface area contributed by atoms with Crippen LogP contribution >= 0.6 is 0 Å². The maximum atomic E-state index is 11.6. The Morgan fingerprint density at radius 3 is 3.08 bits per heavy atom. The van der Waals surface area contributed by atoms with Crippen molar-refractivity contribution < 1.29 is 14.6 Å². The minimum Gasteiger partial charge on any atom is -0.396 e. The Hall–Kier alpha value is -0.610. The molecule has 0 spiro atoms. The molecule has 13 heavy (non-hydrogen) atoms. The molecular formula is C9H17NO3. The molecule has 0 aliphatic carbocycles. The number of nitrogens with zero attached hydrogens (tertiary/aromatic N) is 1. The van der Waals surface area contributed by atoms with Gasteiger partial charge < -0.3 is 14.7 Å². The van der Waals surface area contributed by atoms with E-state index < -0.39 is 6.10 Å². The van der Waals surface area contributed by atoms with Crippen LogP contribution in [0.2, 0.25) is 0 Å². The third-order valence-corrected chi connectivity index (χ3v) is 2.15. The molecule has 0 aromatic rings. The summed E-state index contributed by atoms with van der Waals surface area (Å²) in [6, 6.07) is 0. The lowest BCUT2D eigenvalue weighted by Crippen LogP contribution is -2.48. The Balaban J connectivity index is 2.45. The Bertz CT molecular complexity index is 152. The molecule has 4 nitrogen and oxygen atoms in total. The molecule has 1 amide bonds. The molecule has 0 aromatic carbocycles. The standard InChI is InChI=1S/C9H17NO3/c1-2-4-10-5-7-13-8(3-6-11)9(10)12/h8,11H,2-7H2,1H3. The number of rotatable bonds is 4. The molecule has 1 aliphatic rings. The minimum absolute atomic E-state index is 0.0103. The van der Waals surface area contributed by atoms with Crippen molar-refractivity contribution in [1.29, 1.82) is 0 Å². The molecule has 1 N–H and O–H groups in total. The normalized spacial score (nSPS) is 23.7. The average Bonchev–Trinajstić information content (AvgIpc) is 2.13. The summed E-state index contributed by atoms with van der Waals surface area (Å²) >= 11 is 0. The van der Waals surface area contributed by atoms with E-state index in [9.17, 15) is 4.79 Å². The molecule has 1 unspecified atom stereocenters. The van der Waals surface area contributed by atoms with Gasteiger partial charge in [-0.2, -0.15) is 0 Å². The zero-order chi connectivity index (χ0) is 9.68. The highest BCUT2D eigenvalue weighted by molar-refractivity contribution is 5.81. The van der Waals surface area contributed by atoms with Gasteiger partial charge in [0.15, 0.2) is 0 Å². The number of ether oxygens (including phenoxy) is 1. The van der Waals surface area contributed by atoms with E-state index in [1.165, 1.54) is 0 Å². The first kappa shape index (κ1) is 10.5. The fourth-order valence-corrected chi connectivity index (χ4v) is 1.51. The van der Waals surface area contributed by atoms with E-state index in [4.69, 9.17) is 9.84 Å². The summed E-state index contributed by atoms with van der Waals surface area (Å²) in [5.74, 6) is 0.0298. The van der Waals surface area contributed by atoms with Crippen molar-refractivity contribution in [2.24, 2.45) is 0 Å². The highest BCUT2D eigenvalue weighted by Gasteiger charge is 2.28. The first-order valence-electron chi connectivity index (χ1n) is 4.80. The fraction of sp³-hybridized carbons (Fsp3) is 0.889. The molecule has 1 atom stereocenters. The lowest BCUT2D eigenvalue weighted by Gasteiger charge is -2.31. The zero-order valence-corrected chi connectivity index (χ0v) is 8.03.